The maximum Gasteiger partial charge on any atom is 0.193 e. The molecule has 3 N–H and O–H groups in total. The van der Waals surface area contributed by atoms with Crippen LogP contribution in [0, 0.1) is 5.92 Å². The fraction of sp³-hybridized carbons (Fsp3) is 0.500. The maximum atomic E-state index is 5.85. The molecule has 1 aliphatic rings. The predicted octanol–water partition coefficient (Wildman–Crippen LogP) is 2.61. The van der Waals surface area contributed by atoms with Gasteiger partial charge in [-0.15, -0.1) is 0 Å². The van der Waals surface area contributed by atoms with E-state index >= 15 is 0 Å². The molecule has 0 spiro atoms. The monoisotopic (exact) mass is 247 g/mol. The van der Waals surface area contributed by atoms with Gasteiger partial charge in [-0.1, -0.05) is 25.0 Å². The Labute approximate surface area is 108 Å². The lowest BCUT2D eigenvalue weighted by Gasteiger charge is -2.09. The quantitative estimate of drug-likeness (QED) is 0.461. The molecular weight excluding hydrogens is 226 g/mol. The topological polar surface area (TPSA) is 59.6 Å². The summed E-state index contributed by atoms with van der Waals surface area (Å²) in [5.74, 6) is 2.19. The highest BCUT2D eigenvalue weighted by atomic mass is 16.5. The van der Waals surface area contributed by atoms with Crippen LogP contribution in [-0.4, -0.2) is 19.6 Å². The summed E-state index contributed by atoms with van der Waals surface area (Å²) in [7, 11) is 1.64. The Kier molecular flexibility index (Phi) is 4.45. The van der Waals surface area contributed by atoms with E-state index < -0.39 is 0 Å². The largest absolute Gasteiger partial charge is 0.495 e. The molecule has 0 atom stereocenters. The molecule has 1 saturated carbocycles. The van der Waals surface area contributed by atoms with Crippen LogP contribution in [0.3, 0.4) is 0 Å². The zero-order valence-electron chi connectivity index (χ0n) is 10.9. The lowest BCUT2D eigenvalue weighted by atomic mass is 10.2. The van der Waals surface area contributed by atoms with Gasteiger partial charge in [0.25, 0.3) is 0 Å². The van der Waals surface area contributed by atoms with E-state index in [1.165, 1.54) is 19.3 Å². The number of hydrogen-bond donors (Lipinski definition) is 2. The van der Waals surface area contributed by atoms with Gasteiger partial charge < -0.3 is 15.8 Å². The van der Waals surface area contributed by atoms with Crippen molar-refractivity contribution in [2.24, 2.45) is 16.6 Å². The number of nitrogens with two attached hydrogens (primary N) is 1. The van der Waals surface area contributed by atoms with Gasteiger partial charge in [-0.25, -0.2) is 0 Å². The summed E-state index contributed by atoms with van der Waals surface area (Å²) in [4.78, 5) is 4.32. The van der Waals surface area contributed by atoms with E-state index in [1.54, 1.807) is 7.11 Å². The van der Waals surface area contributed by atoms with Gasteiger partial charge in [0.15, 0.2) is 5.96 Å². The van der Waals surface area contributed by atoms with Crippen molar-refractivity contribution in [3.8, 4) is 5.75 Å². The minimum atomic E-state index is 0.454. The van der Waals surface area contributed by atoms with Crippen molar-refractivity contribution in [2.45, 2.75) is 25.7 Å². The van der Waals surface area contributed by atoms with Gasteiger partial charge in [-0.3, -0.25) is 4.99 Å². The van der Waals surface area contributed by atoms with Crippen LogP contribution in [0.25, 0.3) is 0 Å². The molecule has 18 heavy (non-hydrogen) atoms. The van der Waals surface area contributed by atoms with E-state index in [9.17, 15) is 0 Å². The number of nitrogens with zero attached hydrogens (tertiary/aromatic N) is 1. The Morgan fingerprint density at radius 3 is 2.94 bits per heavy atom. The van der Waals surface area contributed by atoms with Crippen molar-refractivity contribution < 1.29 is 4.74 Å². The number of guanidine groups is 1. The van der Waals surface area contributed by atoms with E-state index in [4.69, 9.17) is 10.5 Å². The van der Waals surface area contributed by atoms with E-state index in [2.05, 4.69) is 10.3 Å². The van der Waals surface area contributed by atoms with Crippen molar-refractivity contribution in [3.05, 3.63) is 24.3 Å². The van der Waals surface area contributed by atoms with Gasteiger partial charge in [0.05, 0.1) is 12.8 Å². The molecule has 0 heterocycles. The number of nitrogens with one attached hydrogen (secondary N) is 1. The molecule has 0 saturated heterocycles. The Balaban J connectivity index is 1.80. The van der Waals surface area contributed by atoms with Crippen LogP contribution in [0.15, 0.2) is 29.3 Å². The van der Waals surface area contributed by atoms with Crippen LogP contribution < -0.4 is 15.8 Å². The fourth-order valence-corrected chi connectivity index (χ4v) is 1.91. The summed E-state index contributed by atoms with van der Waals surface area (Å²) in [6, 6.07) is 7.67. The smallest absolute Gasteiger partial charge is 0.193 e. The first-order valence-corrected chi connectivity index (χ1v) is 6.49. The highest BCUT2D eigenvalue weighted by molar-refractivity contribution is 5.93. The molecule has 4 nitrogen and oxygen atoms in total. The maximum absolute atomic E-state index is 5.85. The number of hydrogen-bond acceptors (Lipinski definition) is 2. The lowest BCUT2D eigenvalue weighted by Crippen LogP contribution is -2.23. The predicted molar refractivity (Wildman–Crippen MR) is 75.1 cm³/mol. The van der Waals surface area contributed by atoms with Gasteiger partial charge in [-0.05, 0) is 30.9 Å². The molecule has 1 fully saturated rings. The molecule has 0 unspecified atom stereocenters. The molecule has 2 rings (SSSR count). The Morgan fingerprint density at radius 1 is 1.44 bits per heavy atom. The molecule has 0 amide bonds. The number of para-hydroxylation sites is 2. The summed E-state index contributed by atoms with van der Waals surface area (Å²) in [5.41, 5.74) is 6.70. The summed E-state index contributed by atoms with van der Waals surface area (Å²) in [6.07, 6.45) is 5.21. The van der Waals surface area contributed by atoms with Crippen LogP contribution in [-0.2, 0) is 0 Å². The van der Waals surface area contributed by atoms with Gasteiger partial charge >= 0.3 is 0 Å². The molecule has 4 heteroatoms. The molecule has 98 valence electrons. The third-order valence-electron chi connectivity index (χ3n) is 3.12. The first kappa shape index (κ1) is 12.7. The standard InChI is InChI=1S/C14H21N3O/c1-18-13-7-3-2-6-12(13)17-14(15)16-10-4-5-11-8-9-11/h2-3,6-7,11H,4-5,8-10H2,1H3,(H3,15,16,17). The van der Waals surface area contributed by atoms with E-state index in [0.717, 1.165) is 30.3 Å². The highest BCUT2D eigenvalue weighted by Crippen LogP contribution is 2.33. The molecule has 1 aromatic carbocycles. The van der Waals surface area contributed by atoms with Gasteiger partial charge in [-0.2, -0.15) is 0 Å². The van der Waals surface area contributed by atoms with Crippen LogP contribution in [0.4, 0.5) is 5.69 Å². The normalized spacial score (nSPS) is 15.5. The number of anilines is 1. The zero-order chi connectivity index (χ0) is 12.8. The Morgan fingerprint density at radius 2 is 2.22 bits per heavy atom. The van der Waals surface area contributed by atoms with Crippen LogP contribution >= 0.6 is 0 Å². The summed E-state index contributed by atoms with van der Waals surface area (Å²) in [5, 5.41) is 3.07. The minimum Gasteiger partial charge on any atom is -0.495 e. The third kappa shape index (κ3) is 3.95. The molecule has 0 radical (unpaired) electrons. The lowest BCUT2D eigenvalue weighted by molar-refractivity contribution is 0.417. The third-order valence-corrected chi connectivity index (χ3v) is 3.12. The molecule has 0 aromatic heterocycles. The van der Waals surface area contributed by atoms with Gasteiger partial charge in [0.2, 0.25) is 0 Å². The second-order valence-electron chi connectivity index (χ2n) is 4.68. The first-order valence-electron chi connectivity index (χ1n) is 6.49. The molecular formula is C14H21N3O. The average Bonchev–Trinajstić information content (AvgIpc) is 3.19. The Hall–Kier alpha value is -1.71. The van der Waals surface area contributed by atoms with Gasteiger partial charge in [0, 0.05) is 6.54 Å². The van der Waals surface area contributed by atoms with Crippen molar-refractivity contribution >= 4 is 11.6 Å². The number of methoxy groups -OCH3 is 1. The minimum absolute atomic E-state index is 0.454. The van der Waals surface area contributed by atoms with E-state index in [0.29, 0.717) is 5.96 Å². The highest BCUT2D eigenvalue weighted by Gasteiger charge is 2.19. The molecule has 0 bridgehead atoms. The zero-order valence-corrected chi connectivity index (χ0v) is 10.9. The average molecular weight is 247 g/mol. The Bertz CT molecular complexity index is 413. The summed E-state index contributed by atoms with van der Waals surface area (Å²) < 4.78 is 5.24. The number of ether oxygens (including phenoxy) is 1. The summed E-state index contributed by atoms with van der Waals surface area (Å²) >= 11 is 0. The van der Waals surface area contributed by atoms with Crippen molar-refractivity contribution in [2.75, 3.05) is 19.0 Å². The first-order chi connectivity index (χ1) is 8.79. The molecule has 1 aromatic rings. The van der Waals surface area contributed by atoms with Crippen LogP contribution in [0.5, 0.6) is 5.75 Å². The SMILES string of the molecule is COc1ccccc1NC(N)=NCCCC1CC1. The van der Waals surface area contributed by atoms with Crippen molar-refractivity contribution in [1.29, 1.82) is 0 Å². The second kappa shape index (κ2) is 6.28. The molecule has 1 aliphatic carbocycles. The number of rotatable bonds is 6. The van der Waals surface area contributed by atoms with E-state index in [1.807, 2.05) is 24.3 Å². The number of benzene rings is 1. The van der Waals surface area contributed by atoms with Crippen molar-refractivity contribution in [1.82, 2.24) is 0 Å². The fourth-order valence-electron chi connectivity index (χ4n) is 1.91. The number of aliphatic imine (C=N–C) groups is 1. The van der Waals surface area contributed by atoms with E-state index in [-0.39, 0.29) is 0 Å². The van der Waals surface area contributed by atoms with Crippen molar-refractivity contribution in [3.63, 3.8) is 0 Å². The summed E-state index contributed by atoms with van der Waals surface area (Å²) in [6.45, 7) is 0.796. The van der Waals surface area contributed by atoms with Gasteiger partial charge in [0.1, 0.15) is 5.75 Å². The molecule has 0 aliphatic heterocycles. The second-order valence-corrected chi connectivity index (χ2v) is 4.68. The van der Waals surface area contributed by atoms with Crippen LogP contribution in [0.2, 0.25) is 0 Å². The van der Waals surface area contributed by atoms with Crippen LogP contribution in [0.1, 0.15) is 25.7 Å².